The van der Waals surface area contributed by atoms with Crippen LogP contribution in [0.3, 0.4) is 0 Å². The van der Waals surface area contributed by atoms with Crippen LogP contribution in [0, 0.1) is 17.1 Å². The Bertz CT molecular complexity index is 968. The molecule has 2 heterocycles. The Balaban J connectivity index is 1.78. The topological polar surface area (TPSA) is 81.6 Å². The lowest BCUT2D eigenvalue weighted by Crippen LogP contribution is -2.24. The maximum atomic E-state index is 13.1. The van der Waals surface area contributed by atoms with Gasteiger partial charge in [0.15, 0.2) is 0 Å². The van der Waals surface area contributed by atoms with Crippen molar-refractivity contribution in [2.75, 3.05) is 0 Å². The molecule has 0 aliphatic heterocycles. The lowest BCUT2D eigenvalue weighted by molar-refractivity contribution is -0.117. The number of benzene rings is 1. The molecule has 0 fully saturated rings. The molecule has 0 atom stereocenters. The normalized spacial score (nSPS) is 11.2. The summed E-state index contributed by atoms with van der Waals surface area (Å²) in [5, 5.41) is 12.7. The molecule has 3 aromatic rings. The van der Waals surface area contributed by atoms with E-state index in [2.05, 4.69) is 15.3 Å². The van der Waals surface area contributed by atoms with Gasteiger partial charge in [0.25, 0.3) is 5.91 Å². The zero-order valence-corrected chi connectivity index (χ0v) is 12.6. The van der Waals surface area contributed by atoms with E-state index >= 15 is 0 Å². The highest BCUT2D eigenvalue weighted by atomic mass is 19.1. The molecule has 1 amide bonds. The van der Waals surface area contributed by atoms with Crippen LogP contribution in [0.4, 0.5) is 4.39 Å². The number of carbonyl (C=O) groups excluding carboxylic acids is 1. The number of carbonyl (C=O) groups is 1. The van der Waals surface area contributed by atoms with E-state index < -0.39 is 5.91 Å². The van der Waals surface area contributed by atoms with E-state index in [0.29, 0.717) is 16.8 Å². The first-order valence-electron chi connectivity index (χ1n) is 7.24. The Morgan fingerprint density at radius 2 is 2.25 bits per heavy atom. The number of nitriles is 1. The van der Waals surface area contributed by atoms with Gasteiger partial charge in [0.05, 0.1) is 0 Å². The molecule has 1 aromatic carbocycles. The molecule has 0 aliphatic carbocycles. The number of pyridine rings is 1. The Morgan fingerprint density at radius 3 is 3.04 bits per heavy atom. The summed E-state index contributed by atoms with van der Waals surface area (Å²) in [6.45, 7) is 0.144. The third kappa shape index (κ3) is 3.31. The largest absolute Gasteiger partial charge is 0.347 e. The molecule has 0 bridgehead atoms. The van der Waals surface area contributed by atoms with Crippen molar-refractivity contribution in [2.45, 2.75) is 6.54 Å². The predicted molar refractivity (Wildman–Crippen MR) is 87.9 cm³/mol. The average Bonchev–Trinajstić information content (AvgIpc) is 3.00. The number of rotatable bonds is 4. The van der Waals surface area contributed by atoms with Crippen LogP contribution < -0.4 is 5.32 Å². The standard InChI is InChI=1S/C18H13FN4O/c19-15-4-1-3-12(7-15)10-23-18(24)13(9-20)8-14-11-22-17-16(14)5-2-6-21-17/h1-8,11H,10H2,(H,21,22)(H,23,24)/b13-8+. The third-order valence-electron chi connectivity index (χ3n) is 3.49. The molecule has 3 rings (SSSR count). The van der Waals surface area contributed by atoms with Crippen LogP contribution in [0.25, 0.3) is 17.1 Å². The van der Waals surface area contributed by atoms with E-state index in [-0.39, 0.29) is 17.9 Å². The van der Waals surface area contributed by atoms with Gasteiger partial charge in [0, 0.05) is 29.9 Å². The van der Waals surface area contributed by atoms with E-state index in [9.17, 15) is 14.4 Å². The van der Waals surface area contributed by atoms with Gasteiger partial charge in [0.2, 0.25) is 0 Å². The Labute approximate surface area is 137 Å². The number of H-pyrrole nitrogens is 1. The van der Waals surface area contributed by atoms with Crippen LogP contribution in [0.2, 0.25) is 0 Å². The maximum absolute atomic E-state index is 13.1. The van der Waals surface area contributed by atoms with Gasteiger partial charge in [-0.05, 0) is 35.9 Å². The van der Waals surface area contributed by atoms with Gasteiger partial charge in [0.1, 0.15) is 23.1 Å². The fourth-order valence-electron chi connectivity index (χ4n) is 2.33. The highest BCUT2D eigenvalue weighted by Crippen LogP contribution is 2.18. The van der Waals surface area contributed by atoms with Gasteiger partial charge in [-0.1, -0.05) is 12.1 Å². The Kier molecular flexibility index (Phi) is 4.34. The van der Waals surface area contributed by atoms with Gasteiger partial charge in [-0.15, -0.1) is 0 Å². The summed E-state index contributed by atoms with van der Waals surface area (Å²) in [6.07, 6.45) is 4.85. The molecule has 0 aliphatic rings. The molecule has 6 heteroatoms. The first kappa shape index (κ1) is 15.4. The Hall–Kier alpha value is -3.46. The lowest BCUT2D eigenvalue weighted by Gasteiger charge is -2.04. The minimum atomic E-state index is -0.514. The summed E-state index contributed by atoms with van der Waals surface area (Å²) in [7, 11) is 0. The first-order valence-corrected chi connectivity index (χ1v) is 7.24. The molecule has 0 saturated carbocycles. The quantitative estimate of drug-likeness (QED) is 0.573. The highest BCUT2D eigenvalue weighted by Gasteiger charge is 2.11. The monoisotopic (exact) mass is 320 g/mol. The molecule has 2 aromatic heterocycles. The summed E-state index contributed by atoms with van der Waals surface area (Å²) < 4.78 is 13.1. The molecule has 0 radical (unpaired) electrons. The molecular formula is C18H13FN4O. The van der Waals surface area contributed by atoms with Crippen molar-refractivity contribution in [3.63, 3.8) is 0 Å². The molecule has 118 valence electrons. The van der Waals surface area contributed by atoms with Crippen LogP contribution in [-0.4, -0.2) is 15.9 Å². The summed E-state index contributed by atoms with van der Waals surface area (Å²) in [5.41, 5.74) is 1.98. The number of amides is 1. The predicted octanol–water partition coefficient (Wildman–Crippen LogP) is 2.93. The fraction of sp³-hybridized carbons (Fsp3) is 0.0556. The minimum Gasteiger partial charge on any atom is -0.347 e. The van der Waals surface area contributed by atoms with E-state index in [4.69, 9.17) is 0 Å². The molecule has 0 spiro atoms. The Morgan fingerprint density at radius 1 is 1.38 bits per heavy atom. The summed E-state index contributed by atoms with van der Waals surface area (Å²) in [6, 6.07) is 11.5. The van der Waals surface area contributed by atoms with Gasteiger partial charge in [-0.2, -0.15) is 5.26 Å². The summed E-state index contributed by atoms with van der Waals surface area (Å²) in [4.78, 5) is 19.3. The second-order valence-corrected chi connectivity index (χ2v) is 5.13. The van der Waals surface area contributed by atoms with Crippen molar-refractivity contribution in [3.05, 3.63) is 71.3 Å². The average molecular weight is 320 g/mol. The van der Waals surface area contributed by atoms with Crippen LogP contribution in [0.15, 0.2) is 54.4 Å². The van der Waals surface area contributed by atoms with Crippen molar-refractivity contribution in [1.82, 2.24) is 15.3 Å². The first-order chi connectivity index (χ1) is 11.7. The second kappa shape index (κ2) is 6.75. The zero-order valence-electron chi connectivity index (χ0n) is 12.6. The van der Waals surface area contributed by atoms with E-state index in [0.717, 1.165) is 5.39 Å². The molecular weight excluding hydrogens is 307 g/mol. The van der Waals surface area contributed by atoms with Crippen molar-refractivity contribution >= 4 is 23.0 Å². The number of hydrogen-bond donors (Lipinski definition) is 2. The molecule has 24 heavy (non-hydrogen) atoms. The van der Waals surface area contributed by atoms with Gasteiger partial charge in [-0.3, -0.25) is 4.79 Å². The van der Waals surface area contributed by atoms with E-state index in [1.165, 1.54) is 18.2 Å². The number of fused-ring (bicyclic) bond motifs is 1. The van der Waals surface area contributed by atoms with Crippen molar-refractivity contribution in [2.24, 2.45) is 0 Å². The molecule has 2 N–H and O–H groups in total. The number of hydrogen-bond acceptors (Lipinski definition) is 3. The summed E-state index contributed by atoms with van der Waals surface area (Å²) in [5.74, 6) is -0.885. The fourth-order valence-corrected chi connectivity index (χ4v) is 2.33. The molecule has 0 unspecified atom stereocenters. The highest BCUT2D eigenvalue weighted by molar-refractivity contribution is 6.03. The van der Waals surface area contributed by atoms with Crippen molar-refractivity contribution in [1.29, 1.82) is 5.26 Å². The minimum absolute atomic E-state index is 0.0313. The number of aromatic nitrogens is 2. The lowest BCUT2D eigenvalue weighted by atomic mass is 10.1. The van der Waals surface area contributed by atoms with Gasteiger partial charge >= 0.3 is 0 Å². The third-order valence-corrected chi connectivity index (χ3v) is 3.49. The number of nitrogens with zero attached hydrogens (tertiary/aromatic N) is 2. The van der Waals surface area contributed by atoms with E-state index in [1.807, 2.05) is 12.1 Å². The van der Waals surface area contributed by atoms with Crippen LogP contribution in [-0.2, 0) is 11.3 Å². The maximum Gasteiger partial charge on any atom is 0.262 e. The second-order valence-electron chi connectivity index (χ2n) is 5.13. The smallest absolute Gasteiger partial charge is 0.262 e. The van der Waals surface area contributed by atoms with Crippen LogP contribution in [0.5, 0.6) is 0 Å². The van der Waals surface area contributed by atoms with Crippen molar-refractivity contribution in [3.8, 4) is 6.07 Å². The number of halogens is 1. The van der Waals surface area contributed by atoms with Gasteiger partial charge in [-0.25, -0.2) is 9.37 Å². The number of nitrogens with one attached hydrogen (secondary N) is 2. The SMILES string of the molecule is N#C/C(=C\c1c[nH]c2ncccc12)C(=O)NCc1cccc(F)c1. The van der Waals surface area contributed by atoms with Crippen LogP contribution in [0.1, 0.15) is 11.1 Å². The summed E-state index contributed by atoms with van der Waals surface area (Å²) >= 11 is 0. The number of aromatic amines is 1. The molecule has 5 nitrogen and oxygen atoms in total. The van der Waals surface area contributed by atoms with Crippen molar-refractivity contribution < 1.29 is 9.18 Å². The van der Waals surface area contributed by atoms with Gasteiger partial charge < -0.3 is 10.3 Å². The van der Waals surface area contributed by atoms with E-state index in [1.54, 1.807) is 30.6 Å². The molecule has 0 saturated heterocycles. The van der Waals surface area contributed by atoms with Crippen LogP contribution >= 0.6 is 0 Å². The zero-order chi connectivity index (χ0) is 16.9.